The fraction of sp³-hybridized carbons (Fsp3) is 0.429. The standard InChI is InChI=1S/C21H24N6OS/c28-19(13-29-21-23-20(24-25-21)15-6-4-5-7-15)22-18-12-17(14-10-11-14)26-27(18)16-8-2-1-3-9-16/h1-3,8-9,12,14-15H,4-7,10-11,13H2,(H,22,28)(H,23,24,25). The van der Waals surface area contributed by atoms with Gasteiger partial charge in [-0.1, -0.05) is 42.8 Å². The quantitative estimate of drug-likeness (QED) is 0.571. The number of nitrogens with zero attached hydrogens (tertiary/aromatic N) is 4. The van der Waals surface area contributed by atoms with E-state index in [4.69, 9.17) is 5.10 Å². The third kappa shape index (κ3) is 4.22. The van der Waals surface area contributed by atoms with Crippen LogP contribution in [0.1, 0.15) is 61.9 Å². The first-order chi connectivity index (χ1) is 14.3. The van der Waals surface area contributed by atoms with Gasteiger partial charge in [0.1, 0.15) is 11.6 Å². The van der Waals surface area contributed by atoms with E-state index in [1.807, 2.05) is 41.1 Å². The summed E-state index contributed by atoms with van der Waals surface area (Å²) in [5, 5.41) is 15.7. The van der Waals surface area contributed by atoms with Gasteiger partial charge in [-0.3, -0.25) is 9.89 Å². The lowest BCUT2D eigenvalue weighted by molar-refractivity contribution is -0.113. The summed E-state index contributed by atoms with van der Waals surface area (Å²) in [6.07, 6.45) is 7.20. The zero-order chi connectivity index (χ0) is 19.6. The number of benzene rings is 1. The first-order valence-electron chi connectivity index (χ1n) is 10.3. The molecule has 0 radical (unpaired) electrons. The molecule has 1 aromatic carbocycles. The highest BCUT2D eigenvalue weighted by Crippen LogP contribution is 2.40. The summed E-state index contributed by atoms with van der Waals surface area (Å²) in [4.78, 5) is 17.2. The molecule has 2 aliphatic carbocycles. The van der Waals surface area contributed by atoms with E-state index in [0.29, 0.717) is 22.8 Å². The second-order valence-electron chi connectivity index (χ2n) is 7.80. The van der Waals surface area contributed by atoms with Crippen LogP contribution in [-0.2, 0) is 4.79 Å². The molecule has 1 amide bonds. The van der Waals surface area contributed by atoms with E-state index in [-0.39, 0.29) is 11.7 Å². The molecule has 2 N–H and O–H groups in total. The normalized spacial score (nSPS) is 17.0. The molecule has 2 saturated carbocycles. The molecule has 2 aromatic heterocycles. The Morgan fingerprint density at radius 3 is 2.69 bits per heavy atom. The molecule has 2 heterocycles. The first kappa shape index (κ1) is 18.4. The van der Waals surface area contributed by atoms with E-state index >= 15 is 0 Å². The predicted octanol–water partition coefficient (Wildman–Crippen LogP) is 4.26. The third-order valence-electron chi connectivity index (χ3n) is 5.55. The predicted molar refractivity (Wildman–Crippen MR) is 112 cm³/mol. The Morgan fingerprint density at radius 1 is 1.14 bits per heavy atom. The Balaban J connectivity index is 1.25. The number of carbonyl (C=O) groups is 1. The average Bonchev–Trinajstić information content (AvgIpc) is 3.14. The van der Waals surface area contributed by atoms with Gasteiger partial charge in [-0.15, -0.1) is 5.10 Å². The summed E-state index contributed by atoms with van der Waals surface area (Å²) in [5.41, 5.74) is 1.99. The number of aromatic nitrogens is 5. The molecule has 0 saturated heterocycles. The number of aromatic amines is 1. The Morgan fingerprint density at radius 2 is 1.93 bits per heavy atom. The van der Waals surface area contributed by atoms with Crippen LogP contribution in [0.15, 0.2) is 41.6 Å². The van der Waals surface area contributed by atoms with Crippen LogP contribution in [0.25, 0.3) is 5.69 Å². The van der Waals surface area contributed by atoms with Crippen molar-refractivity contribution in [2.24, 2.45) is 0 Å². The van der Waals surface area contributed by atoms with Crippen LogP contribution in [0, 0.1) is 0 Å². The molecule has 2 aliphatic rings. The highest BCUT2D eigenvalue weighted by molar-refractivity contribution is 7.99. The highest BCUT2D eigenvalue weighted by atomic mass is 32.2. The molecule has 0 bridgehead atoms. The molecule has 0 unspecified atom stereocenters. The molecule has 3 aromatic rings. The average molecular weight is 409 g/mol. The number of anilines is 1. The van der Waals surface area contributed by atoms with Crippen molar-refractivity contribution in [3.05, 3.63) is 47.9 Å². The van der Waals surface area contributed by atoms with Crippen molar-refractivity contribution in [1.29, 1.82) is 0 Å². The van der Waals surface area contributed by atoms with Crippen molar-refractivity contribution in [1.82, 2.24) is 25.0 Å². The van der Waals surface area contributed by atoms with Gasteiger partial charge in [0.25, 0.3) is 0 Å². The van der Waals surface area contributed by atoms with Gasteiger partial charge < -0.3 is 5.32 Å². The molecular weight excluding hydrogens is 384 g/mol. The fourth-order valence-electron chi connectivity index (χ4n) is 3.85. The number of nitrogens with one attached hydrogen (secondary N) is 2. The maximum atomic E-state index is 12.6. The second-order valence-corrected chi connectivity index (χ2v) is 8.74. The smallest absolute Gasteiger partial charge is 0.236 e. The number of amides is 1. The summed E-state index contributed by atoms with van der Waals surface area (Å²) >= 11 is 1.36. The van der Waals surface area contributed by atoms with Crippen LogP contribution in [0.2, 0.25) is 0 Å². The number of carbonyl (C=O) groups excluding carboxylic acids is 1. The van der Waals surface area contributed by atoms with E-state index in [1.54, 1.807) is 0 Å². The van der Waals surface area contributed by atoms with E-state index < -0.39 is 0 Å². The second kappa shape index (κ2) is 8.02. The zero-order valence-corrected chi connectivity index (χ0v) is 17.0. The topological polar surface area (TPSA) is 88.5 Å². The number of rotatable bonds is 7. The summed E-state index contributed by atoms with van der Waals surface area (Å²) in [6.45, 7) is 0. The minimum atomic E-state index is -0.0818. The lowest BCUT2D eigenvalue weighted by atomic mass is 10.1. The molecule has 0 aliphatic heterocycles. The number of H-pyrrole nitrogens is 1. The molecule has 7 nitrogen and oxygen atoms in total. The molecular formula is C21H24N6OS. The van der Waals surface area contributed by atoms with Crippen molar-refractivity contribution in [3.63, 3.8) is 0 Å². The number of hydrogen-bond acceptors (Lipinski definition) is 5. The van der Waals surface area contributed by atoms with Gasteiger partial charge in [-0.25, -0.2) is 9.67 Å². The van der Waals surface area contributed by atoms with Crippen molar-refractivity contribution in [3.8, 4) is 5.69 Å². The van der Waals surface area contributed by atoms with Crippen LogP contribution in [0.3, 0.4) is 0 Å². The summed E-state index contributed by atoms with van der Waals surface area (Å²) in [7, 11) is 0. The van der Waals surface area contributed by atoms with Gasteiger partial charge in [0.05, 0.1) is 17.1 Å². The van der Waals surface area contributed by atoms with Gasteiger partial charge in [0.15, 0.2) is 0 Å². The first-order valence-corrected chi connectivity index (χ1v) is 11.2. The Hall–Kier alpha value is -2.61. The van der Waals surface area contributed by atoms with E-state index in [2.05, 4.69) is 20.5 Å². The molecule has 0 atom stereocenters. The maximum absolute atomic E-state index is 12.6. The monoisotopic (exact) mass is 408 g/mol. The van der Waals surface area contributed by atoms with Gasteiger partial charge >= 0.3 is 0 Å². The maximum Gasteiger partial charge on any atom is 0.236 e. The van der Waals surface area contributed by atoms with Crippen LogP contribution in [0.5, 0.6) is 0 Å². The summed E-state index contributed by atoms with van der Waals surface area (Å²) in [5.74, 6) is 2.87. The Labute approximate surface area is 173 Å². The molecule has 29 heavy (non-hydrogen) atoms. The molecule has 0 spiro atoms. The minimum Gasteiger partial charge on any atom is -0.310 e. The molecule has 8 heteroatoms. The van der Waals surface area contributed by atoms with Crippen LogP contribution >= 0.6 is 11.8 Å². The van der Waals surface area contributed by atoms with Gasteiger partial charge in [0.2, 0.25) is 11.1 Å². The van der Waals surface area contributed by atoms with Gasteiger partial charge in [-0.2, -0.15) is 5.10 Å². The molecule has 2 fully saturated rings. The van der Waals surface area contributed by atoms with Gasteiger partial charge in [-0.05, 0) is 37.8 Å². The van der Waals surface area contributed by atoms with Crippen molar-refractivity contribution >= 4 is 23.5 Å². The van der Waals surface area contributed by atoms with E-state index in [0.717, 1.165) is 17.2 Å². The highest BCUT2D eigenvalue weighted by Gasteiger charge is 2.28. The summed E-state index contributed by atoms with van der Waals surface area (Å²) < 4.78 is 1.82. The molecule has 5 rings (SSSR count). The Kier molecular flexibility index (Phi) is 5.10. The number of para-hydroxylation sites is 1. The van der Waals surface area contributed by atoms with Crippen molar-refractivity contribution < 1.29 is 4.79 Å². The minimum absolute atomic E-state index is 0.0818. The SMILES string of the molecule is O=C(CSc1n[nH]c(C2CCCC2)n1)Nc1cc(C2CC2)nn1-c1ccccc1. The largest absolute Gasteiger partial charge is 0.310 e. The van der Waals surface area contributed by atoms with E-state index in [9.17, 15) is 4.79 Å². The van der Waals surface area contributed by atoms with Crippen LogP contribution in [-0.4, -0.2) is 36.6 Å². The zero-order valence-electron chi connectivity index (χ0n) is 16.2. The lowest BCUT2D eigenvalue weighted by Crippen LogP contribution is -2.17. The van der Waals surface area contributed by atoms with Crippen molar-refractivity contribution in [2.75, 3.05) is 11.1 Å². The number of hydrogen-bond donors (Lipinski definition) is 2. The van der Waals surface area contributed by atoms with Crippen LogP contribution < -0.4 is 5.32 Å². The Bertz CT molecular complexity index is 988. The fourth-order valence-corrected chi connectivity index (χ4v) is 4.45. The van der Waals surface area contributed by atoms with Gasteiger partial charge in [0, 0.05) is 17.9 Å². The van der Waals surface area contributed by atoms with E-state index in [1.165, 1.54) is 50.3 Å². The number of thioether (sulfide) groups is 1. The van der Waals surface area contributed by atoms with Crippen LogP contribution in [0.4, 0.5) is 5.82 Å². The molecule has 150 valence electrons. The third-order valence-corrected chi connectivity index (χ3v) is 6.40. The lowest BCUT2D eigenvalue weighted by Gasteiger charge is -2.08. The van der Waals surface area contributed by atoms with Crippen molar-refractivity contribution in [2.45, 2.75) is 55.5 Å². The summed E-state index contributed by atoms with van der Waals surface area (Å²) in [6, 6.07) is 11.9.